The molecule has 8 heteroatoms. The molecule has 1 unspecified atom stereocenters. The van der Waals surface area contributed by atoms with Gasteiger partial charge < -0.3 is 9.47 Å². The van der Waals surface area contributed by atoms with Crippen molar-refractivity contribution in [3.05, 3.63) is 12.7 Å². The van der Waals surface area contributed by atoms with Gasteiger partial charge in [-0.2, -0.15) is 0 Å². The van der Waals surface area contributed by atoms with Crippen LogP contribution in [0.1, 0.15) is 46.0 Å². The second-order valence-electron chi connectivity index (χ2n) is 5.92. The number of rotatable bonds is 14. The van der Waals surface area contributed by atoms with E-state index in [2.05, 4.69) is 6.58 Å². The van der Waals surface area contributed by atoms with Crippen molar-refractivity contribution < 1.29 is 35.8 Å². The summed E-state index contributed by atoms with van der Waals surface area (Å²) in [6, 6.07) is 0. The minimum absolute atomic E-state index is 0.00188. The van der Waals surface area contributed by atoms with E-state index in [1.165, 1.54) is 13.0 Å². The molecule has 0 heterocycles. The normalized spacial score (nSPS) is 14.7. The molecule has 0 aliphatic heterocycles. The van der Waals surface area contributed by atoms with Gasteiger partial charge >= 0.3 is 0 Å². The van der Waals surface area contributed by atoms with E-state index in [0.717, 1.165) is 0 Å². The third kappa shape index (κ3) is 12.6. The first-order valence-electron chi connectivity index (χ1n) is 7.84. The lowest BCUT2D eigenvalue weighted by molar-refractivity contribution is -0.117. The Morgan fingerprint density at radius 1 is 1.04 bits per heavy atom. The zero-order valence-corrected chi connectivity index (χ0v) is 14.1. The van der Waals surface area contributed by atoms with E-state index in [0.29, 0.717) is 6.92 Å². The monoisotopic (exact) mass is 364 g/mol. The minimum Gasteiger partial charge on any atom is -0.379 e. The van der Waals surface area contributed by atoms with E-state index in [4.69, 9.17) is 9.47 Å². The summed E-state index contributed by atoms with van der Waals surface area (Å²) >= 11 is 0. The van der Waals surface area contributed by atoms with Crippen molar-refractivity contribution in [1.82, 2.24) is 0 Å². The molecule has 0 fully saturated rings. The zero-order valence-electron chi connectivity index (χ0n) is 14.1. The van der Waals surface area contributed by atoms with Crippen LogP contribution in [0.25, 0.3) is 0 Å². The molecule has 0 N–H and O–H groups in total. The van der Waals surface area contributed by atoms with E-state index in [9.17, 15) is 26.3 Å². The van der Waals surface area contributed by atoms with E-state index in [1.54, 1.807) is 0 Å². The first-order chi connectivity index (χ1) is 10.9. The van der Waals surface area contributed by atoms with E-state index >= 15 is 0 Å². The Labute approximate surface area is 139 Å². The van der Waals surface area contributed by atoms with Gasteiger partial charge in [-0.05, 0) is 13.3 Å². The Hall–Kier alpha value is -0.760. The average Bonchev–Trinajstić information content (AvgIpc) is 2.43. The minimum atomic E-state index is -3.55. The van der Waals surface area contributed by atoms with Gasteiger partial charge in [0, 0.05) is 19.3 Å². The lowest BCUT2D eigenvalue weighted by Crippen LogP contribution is -2.29. The molecule has 2 nitrogen and oxygen atoms in total. The molecule has 1 atom stereocenters. The Morgan fingerprint density at radius 3 is 2.17 bits per heavy atom. The molecule has 0 bridgehead atoms. The van der Waals surface area contributed by atoms with Crippen LogP contribution < -0.4 is 0 Å². The first-order valence-corrected chi connectivity index (χ1v) is 7.84. The molecule has 0 spiro atoms. The molecule has 0 aromatic rings. The lowest BCUT2D eigenvalue weighted by Gasteiger charge is -2.22. The van der Waals surface area contributed by atoms with Gasteiger partial charge in [0.1, 0.15) is 0 Å². The predicted octanol–water partition coefficient (Wildman–Crippen LogP) is 5.47. The molecule has 0 rings (SSSR count). The van der Waals surface area contributed by atoms with Crippen LogP contribution in [0.3, 0.4) is 0 Å². The van der Waals surface area contributed by atoms with Gasteiger partial charge in [0.2, 0.25) is 5.92 Å². The van der Waals surface area contributed by atoms with Crippen LogP contribution in [0.4, 0.5) is 26.3 Å². The summed E-state index contributed by atoms with van der Waals surface area (Å²) in [5, 5.41) is 0. The predicted molar refractivity (Wildman–Crippen MR) is 80.0 cm³/mol. The highest BCUT2D eigenvalue weighted by Crippen LogP contribution is 2.32. The maximum Gasteiger partial charge on any atom is 0.256 e. The molecular weight excluding hydrogens is 338 g/mol. The summed E-state index contributed by atoms with van der Waals surface area (Å²) in [4.78, 5) is 0. The summed E-state index contributed by atoms with van der Waals surface area (Å²) in [7, 11) is 0. The van der Waals surface area contributed by atoms with Crippen molar-refractivity contribution in [1.29, 1.82) is 0 Å². The fourth-order valence-electron chi connectivity index (χ4n) is 1.95. The third-order valence-corrected chi connectivity index (χ3v) is 3.28. The second kappa shape index (κ2) is 10.3. The molecule has 0 saturated carbocycles. The maximum atomic E-state index is 13.3. The number of hydrogen-bond donors (Lipinski definition) is 0. The molecule has 0 amide bonds. The molecule has 24 heavy (non-hydrogen) atoms. The van der Waals surface area contributed by atoms with Gasteiger partial charge in [-0.1, -0.05) is 13.0 Å². The van der Waals surface area contributed by atoms with Crippen LogP contribution >= 0.6 is 0 Å². The van der Waals surface area contributed by atoms with Gasteiger partial charge in [-0.3, -0.25) is 0 Å². The van der Waals surface area contributed by atoms with Crippen molar-refractivity contribution in [3.8, 4) is 0 Å². The smallest absolute Gasteiger partial charge is 0.256 e. The summed E-state index contributed by atoms with van der Waals surface area (Å²) in [6.45, 7) is 4.72. The van der Waals surface area contributed by atoms with Crippen molar-refractivity contribution in [2.45, 2.75) is 69.8 Å². The topological polar surface area (TPSA) is 18.5 Å². The Balaban J connectivity index is 4.24. The van der Waals surface area contributed by atoms with Crippen molar-refractivity contribution in [2.24, 2.45) is 0 Å². The second-order valence-corrected chi connectivity index (χ2v) is 5.92. The van der Waals surface area contributed by atoms with Crippen LogP contribution in [0.5, 0.6) is 0 Å². The number of ether oxygens (including phenoxy) is 2. The average molecular weight is 364 g/mol. The van der Waals surface area contributed by atoms with Crippen molar-refractivity contribution >= 4 is 0 Å². The van der Waals surface area contributed by atoms with Gasteiger partial charge in [-0.25, -0.2) is 26.3 Å². The number of alkyl halides is 6. The molecule has 0 radical (unpaired) electrons. The van der Waals surface area contributed by atoms with E-state index in [1.807, 2.05) is 0 Å². The molecule has 0 saturated heterocycles. The molecule has 144 valence electrons. The number of hydrogen-bond acceptors (Lipinski definition) is 2. The molecule has 0 aliphatic carbocycles. The fourth-order valence-corrected chi connectivity index (χ4v) is 1.95. The highest BCUT2D eigenvalue weighted by Gasteiger charge is 2.39. The van der Waals surface area contributed by atoms with Gasteiger partial charge in [-0.15, -0.1) is 6.58 Å². The standard InChI is InChI=1S/C16H26F6O2/c1-4-9-24-13(6-7-15(19,20)5-2)11-23-10-8-16(21,22)12-14(3,17)18/h4,13H,1,5-12H2,2-3H3. The zero-order chi connectivity index (χ0) is 18.9. The SMILES string of the molecule is C=CCOC(CCC(F)(F)CC)COCCC(F)(F)CC(C)(F)F. The van der Waals surface area contributed by atoms with E-state index < -0.39 is 49.7 Å². The Morgan fingerprint density at radius 2 is 1.67 bits per heavy atom. The summed E-state index contributed by atoms with van der Waals surface area (Å²) < 4.78 is 88.6. The summed E-state index contributed by atoms with van der Waals surface area (Å²) in [5.41, 5.74) is 0. The van der Waals surface area contributed by atoms with Gasteiger partial charge in [0.05, 0.1) is 32.3 Å². The van der Waals surface area contributed by atoms with Crippen LogP contribution in [0.2, 0.25) is 0 Å². The van der Waals surface area contributed by atoms with Crippen molar-refractivity contribution in [3.63, 3.8) is 0 Å². The lowest BCUT2D eigenvalue weighted by atomic mass is 10.1. The highest BCUT2D eigenvalue weighted by atomic mass is 19.3. The third-order valence-electron chi connectivity index (χ3n) is 3.28. The van der Waals surface area contributed by atoms with Crippen LogP contribution in [0, 0.1) is 0 Å². The van der Waals surface area contributed by atoms with E-state index in [-0.39, 0.29) is 26.1 Å². The quantitative estimate of drug-likeness (QED) is 0.231. The Bertz CT molecular complexity index is 355. The first kappa shape index (κ1) is 23.2. The molecule has 0 aromatic carbocycles. The van der Waals surface area contributed by atoms with Crippen LogP contribution in [-0.4, -0.2) is 43.7 Å². The van der Waals surface area contributed by atoms with Gasteiger partial charge in [0.25, 0.3) is 11.8 Å². The summed E-state index contributed by atoms with van der Waals surface area (Å²) in [5.74, 6) is -9.84. The number of halogens is 6. The molecule has 0 aromatic heterocycles. The molecular formula is C16H26F6O2. The van der Waals surface area contributed by atoms with Gasteiger partial charge in [0.15, 0.2) is 0 Å². The Kier molecular flexibility index (Phi) is 9.96. The molecule has 0 aliphatic rings. The highest BCUT2D eigenvalue weighted by molar-refractivity contribution is 4.74. The van der Waals surface area contributed by atoms with Crippen LogP contribution in [0.15, 0.2) is 12.7 Å². The summed E-state index contributed by atoms with van der Waals surface area (Å²) in [6.07, 6.45) is -2.40. The largest absolute Gasteiger partial charge is 0.379 e. The van der Waals surface area contributed by atoms with Crippen LogP contribution in [-0.2, 0) is 9.47 Å². The van der Waals surface area contributed by atoms with Crippen molar-refractivity contribution in [2.75, 3.05) is 19.8 Å². The fraction of sp³-hybridized carbons (Fsp3) is 0.875. The maximum absolute atomic E-state index is 13.3.